The smallest absolute Gasteiger partial charge is 0.303 e. The number of nitro benzene ring substituents is 1. The number of carboxylic acid groups (broad SMARTS) is 1. The van der Waals surface area contributed by atoms with Gasteiger partial charge in [0, 0.05) is 29.6 Å². The van der Waals surface area contributed by atoms with Gasteiger partial charge in [-0.1, -0.05) is 0 Å². The van der Waals surface area contributed by atoms with Crippen LogP contribution in [0.5, 0.6) is 0 Å². The summed E-state index contributed by atoms with van der Waals surface area (Å²) in [7, 11) is 0. The number of aliphatic carboxylic acids is 1. The maximum atomic E-state index is 10.6. The lowest BCUT2D eigenvalue weighted by Gasteiger charge is -2.03. The van der Waals surface area contributed by atoms with E-state index in [4.69, 9.17) is 5.11 Å². The molecule has 0 unspecified atom stereocenters. The highest BCUT2D eigenvalue weighted by Crippen LogP contribution is 2.26. The van der Waals surface area contributed by atoms with Gasteiger partial charge in [0.05, 0.1) is 11.3 Å². The Labute approximate surface area is 108 Å². The largest absolute Gasteiger partial charge is 0.481 e. The zero-order valence-corrected chi connectivity index (χ0v) is 10.00. The fraction of sp³-hybridized carbons (Fsp3) is 0.154. The number of nitrogens with zero attached hydrogens (tertiary/aromatic N) is 1. The van der Waals surface area contributed by atoms with Crippen molar-refractivity contribution in [3.63, 3.8) is 0 Å². The van der Waals surface area contributed by atoms with E-state index in [1.807, 2.05) is 6.07 Å². The highest BCUT2D eigenvalue weighted by molar-refractivity contribution is 5.70. The van der Waals surface area contributed by atoms with Crippen molar-refractivity contribution in [1.29, 1.82) is 0 Å². The molecule has 0 aliphatic rings. The van der Waals surface area contributed by atoms with E-state index < -0.39 is 10.9 Å². The lowest BCUT2D eigenvalue weighted by molar-refractivity contribution is -0.384. The molecular formula is C13H12N2O4. The standard InChI is InChI=1S/C13H12N2O4/c16-13(17)6-5-12-11(7-8-14-12)9-1-3-10(4-2-9)15(18)19/h1-4,7-8,14H,5-6H2,(H,16,17). The van der Waals surface area contributed by atoms with Gasteiger partial charge in [-0.25, -0.2) is 0 Å². The van der Waals surface area contributed by atoms with Crippen LogP contribution in [0.2, 0.25) is 0 Å². The summed E-state index contributed by atoms with van der Waals surface area (Å²) in [5.74, 6) is -0.857. The van der Waals surface area contributed by atoms with E-state index in [-0.39, 0.29) is 12.1 Å². The van der Waals surface area contributed by atoms with Crippen molar-refractivity contribution in [2.75, 3.05) is 0 Å². The first-order valence-corrected chi connectivity index (χ1v) is 5.71. The molecular weight excluding hydrogens is 248 g/mol. The van der Waals surface area contributed by atoms with Gasteiger partial charge in [0.15, 0.2) is 0 Å². The molecule has 2 aromatic rings. The summed E-state index contributed by atoms with van der Waals surface area (Å²) in [4.78, 5) is 23.7. The molecule has 98 valence electrons. The SMILES string of the molecule is O=C(O)CCc1[nH]ccc1-c1ccc([N+](=O)[O-])cc1. The van der Waals surface area contributed by atoms with Crippen molar-refractivity contribution >= 4 is 11.7 Å². The minimum absolute atomic E-state index is 0.0337. The Hall–Kier alpha value is -2.63. The Morgan fingerprint density at radius 1 is 1.26 bits per heavy atom. The van der Waals surface area contributed by atoms with Gasteiger partial charge >= 0.3 is 5.97 Å². The number of hydrogen-bond donors (Lipinski definition) is 2. The number of rotatable bonds is 5. The molecule has 1 aromatic heterocycles. The van der Waals surface area contributed by atoms with Gasteiger partial charge in [-0.05, 0) is 30.2 Å². The van der Waals surface area contributed by atoms with E-state index in [2.05, 4.69) is 4.98 Å². The Kier molecular flexibility index (Phi) is 3.61. The van der Waals surface area contributed by atoms with Crippen LogP contribution in [0.3, 0.4) is 0 Å². The molecule has 0 aliphatic heterocycles. The fourth-order valence-electron chi connectivity index (χ4n) is 1.88. The molecule has 2 rings (SSSR count). The Morgan fingerprint density at radius 2 is 1.95 bits per heavy atom. The number of nitro groups is 1. The monoisotopic (exact) mass is 260 g/mol. The lowest BCUT2D eigenvalue weighted by atomic mass is 10.0. The molecule has 0 bridgehead atoms. The van der Waals surface area contributed by atoms with Crippen LogP contribution in [0.25, 0.3) is 11.1 Å². The molecule has 1 aromatic carbocycles. The summed E-state index contributed by atoms with van der Waals surface area (Å²) < 4.78 is 0. The highest BCUT2D eigenvalue weighted by atomic mass is 16.6. The molecule has 19 heavy (non-hydrogen) atoms. The first-order valence-electron chi connectivity index (χ1n) is 5.71. The van der Waals surface area contributed by atoms with Gasteiger partial charge < -0.3 is 10.1 Å². The average molecular weight is 260 g/mol. The number of nitrogens with one attached hydrogen (secondary N) is 1. The molecule has 6 heteroatoms. The Bertz CT molecular complexity index is 601. The summed E-state index contributed by atoms with van der Waals surface area (Å²) in [6, 6.07) is 8.02. The second-order valence-electron chi connectivity index (χ2n) is 4.07. The number of aryl methyl sites for hydroxylation is 1. The number of aromatic amines is 1. The average Bonchev–Trinajstić information content (AvgIpc) is 2.84. The second-order valence-corrected chi connectivity index (χ2v) is 4.07. The van der Waals surface area contributed by atoms with Gasteiger partial charge in [-0.3, -0.25) is 14.9 Å². The van der Waals surface area contributed by atoms with E-state index in [1.165, 1.54) is 12.1 Å². The van der Waals surface area contributed by atoms with Crippen molar-refractivity contribution in [2.45, 2.75) is 12.8 Å². The van der Waals surface area contributed by atoms with Crippen molar-refractivity contribution in [2.24, 2.45) is 0 Å². The van der Waals surface area contributed by atoms with Crippen LogP contribution in [-0.2, 0) is 11.2 Å². The van der Waals surface area contributed by atoms with E-state index in [0.29, 0.717) is 6.42 Å². The molecule has 1 heterocycles. The molecule has 2 N–H and O–H groups in total. The maximum Gasteiger partial charge on any atom is 0.303 e. The third-order valence-electron chi connectivity index (χ3n) is 2.81. The molecule has 0 saturated carbocycles. The van der Waals surface area contributed by atoms with E-state index in [1.54, 1.807) is 18.3 Å². The normalized spacial score (nSPS) is 10.3. The molecule has 6 nitrogen and oxygen atoms in total. The zero-order valence-electron chi connectivity index (χ0n) is 10.00. The molecule has 0 radical (unpaired) electrons. The number of carbonyl (C=O) groups is 1. The van der Waals surface area contributed by atoms with Crippen LogP contribution in [0.15, 0.2) is 36.5 Å². The van der Waals surface area contributed by atoms with E-state index in [9.17, 15) is 14.9 Å². The predicted octanol–water partition coefficient (Wildman–Crippen LogP) is 2.61. The summed E-state index contributed by atoms with van der Waals surface area (Å²) in [5.41, 5.74) is 2.55. The van der Waals surface area contributed by atoms with Crippen molar-refractivity contribution in [3.05, 3.63) is 52.3 Å². The molecule has 0 spiro atoms. The molecule has 0 aliphatic carbocycles. The van der Waals surface area contributed by atoms with Gasteiger partial charge in [0.2, 0.25) is 0 Å². The Morgan fingerprint density at radius 3 is 2.53 bits per heavy atom. The summed E-state index contributed by atoms with van der Waals surface area (Å²) in [6.07, 6.45) is 2.17. The minimum Gasteiger partial charge on any atom is -0.481 e. The number of hydrogen-bond acceptors (Lipinski definition) is 3. The third kappa shape index (κ3) is 2.98. The first-order chi connectivity index (χ1) is 9.08. The number of H-pyrrole nitrogens is 1. The topological polar surface area (TPSA) is 96.2 Å². The quantitative estimate of drug-likeness (QED) is 0.637. The molecule has 0 atom stereocenters. The van der Waals surface area contributed by atoms with Gasteiger partial charge in [-0.15, -0.1) is 0 Å². The van der Waals surface area contributed by atoms with Crippen molar-refractivity contribution in [1.82, 2.24) is 4.98 Å². The van der Waals surface area contributed by atoms with Crippen molar-refractivity contribution in [3.8, 4) is 11.1 Å². The minimum atomic E-state index is -0.857. The van der Waals surface area contributed by atoms with Crippen LogP contribution in [-0.4, -0.2) is 21.0 Å². The summed E-state index contributed by atoms with van der Waals surface area (Å²) in [6.45, 7) is 0. The molecule has 0 fully saturated rings. The predicted molar refractivity (Wildman–Crippen MR) is 68.8 cm³/mol. The lowest BCUT2D eigenvalue weighted by Crippen LogP contribution is -1.98. The van der Waals surface area contributed by atoms with Crippen LogP contribution in [0, 0.1) is 10.1 Å². The summed E-state index contributed by atoms with van der Waals surface area (Å²) in [5, 5.41) is 19.3. The van der Waals surface area contributed by atoms with Gasteiger partial charge in [0.1, 0.15) is 0 Å². The fourth-order valence-corrected chi connectivity index (χ4v) is 1.88. The van der Waals surface area contributed by atoms with Gasteiger partial charge in [0.25, 0.3) is 5.69 Å². The molecule has 0 saturated heterocycles. The summed E-state index contributed by atoms with van der Waals surface area (Å²) >= 11 is 0. The van der Waals surface area contributed by atoms with E-state index in [0.717, 1.165) is 16.8 Å². The van der Waals surface area contributed by atoms with E-state index >= 15 is 0 Å². The van der Waals surface area contributed by atoms with Crippen LogP contribution >= 0.6 is 0 Å². The van der Waals surface area contributed by atoms with Crippen LogP contribution in [0.1, 0.15) is 12.1 Å². The number of aromatic nitrogens is 1. The number of non-ortho nitro benzene ring substituents is 1. The number of benzene rings is 1. The Balaban J connectivity index is 2.24. The number of carboxylic acids is 1. The first kappa shape index (κ1) is 12.8. The second kappa shape index (κ2) is 5.34. The van der Waals surface area contributed by atoms with Crippen molar-refractivity contribution < 1.29 is 14.8 Å². The third-order valence-corrected chi connectivity index (χ3v) is 2.81. The zero-order chi connectivity index (χ0) is 13.8. The van der Waals surface area contributed by atoms with Gasteiger partial charge in [-0.2, -0.15) is 0 Å². The molecule has 0 amide bonds. The maximum absolute atomic E-state index is 10.6. The highest BCUT2D eigenvalue weighted by Gasteiger charge is 2.10. The van der Waals surface area contributed by atoms with Crippen LogP contribution in [0.4, 0.5) is 5.69 Å². The van der Waals surface area contributed by atoms with Crippen LogP contribution < -0.4 is 0 Å².